The first-order valence-corrected chi connectivity index (χ1v) is 10.8. The van der Waals surface area contributed by atoms with Crippen LogP contribution in [0.1, 0.15) is 26.3 Å². The zero-order valence-corrected chi connectivity index (χ0v) is 18.2. The van der Waals surface area contributed by atoms with E-state index in [9.17, 15) is 18.0 Å². The van der Waals surface area contributed by atoms with Crippen LogP contribution in [0.15, 0.2) is 53.4 Å². The summed E-state index contributed by atoms with van der Waals surface area (Å²) in [5, 5.41) is 2.60. The number of ether oxygens (including phenoxy) is 2. The number of nitrogens with one attached hydrogen (secondary N) is 2. The second kappa shape index (κ2) is 10.2. The maximum Gasteiger partial charge on any atom is 0.311 e. The molecular weight excluding hydrogens is 408 g/mol. The Morgan fingerprint density at radius 2 is 1.57 bits per heavy atom. The van der Waals surface area contributed by atoms with Gasteiger partial charge in [-0.05, 0) is 62.7 Å². The molecule has 9 heteroatoms. The number of carbonyl (C=O) groups is 2. The average Bonchev–Trinajstić information content (AvgIpc) is 2.68. The number of rotatable bonds is 9. The fourth-order valence-electron chi connectivity index (χ4n) is 2.54. The number of sulfonamides is 1. The third-order valence-corrected chi connectivity index (χ3v) is 5.68. The van der Waals surface area contributed by atoms with E-state index in [1.54, 1.807) is 45.2 Å². The van der Waals surface area contributed by atoms with Crippen LogP contribution in [-0.2, 0) is 30.8 Å². The predicted octanol–water partition coefficient (Wildman–Crippen LogP) is 2.49. The molecule has 0 saturated heterocycles. The van der Waals surface area contributed by atoms with Gasteiger partial charge in [0.1, 0.15) is 5.75 Å². The van der Waals surface area contributed by atoms with Crippen molar-refractivity contribution in [1.29, 1.82) is 0 Å². The van der Waals surface area contributed by atoms with Gasteiger partial charge in [0.25, 0.3) is 5.91 Å². The Morgan fingerprint density at radius 1 is 0.967 bits per heavy atom. The molecular formula is C21H26N2O6S. The third-order valence-electron chi connectivity index (χ3n) is 4.01. The highest BCUT2D eigenvalue weighted by molar-refractivity contribution is 7.89. The Kier molecular flexibility index (Phi) is 7.96. The van der Waals surface area contributed by atoms with Gasteiger partial charge in [0.05, 0.1) is 18.4 Å². The second-order valence-electron chi connectivity index (χ2n) is 6.95. The van der Waals surface area contributed by atoms with Crippen LogP contribution < -0.4 is 14.8 Å². The summed E-state index contributed by atoms with van der Waals surface area (Å²) in [5.74, 6) is -0.378. The number of hydrogen-bond donors (Lipinski definition) is 2. The van der Waals surface area contributed by atoms with E-state index in [-0.39, 0.29) is 17.4 Å². The van der Waals surface area contributed by atoms with Crippen molar-refractivity contribution in [3.8, 4) is 5.75 Å². The van der Waals surface area contributed by atoms with Gasteiger partial charge in [-0.1, -0.05) is 12.1 Å². The maximum atomic E-state index is 12.3. The highest BCUT2D eigenvalue weighted by Gasteiger charge is 2.19. The zero-order chi connectivity index (χ0) is 22.3. The van der Waals surface area contributed by atoms with Gasteiger partial charge < -0.3 is 14.8 Å². The summed E-state index contributed by atoms with van der Waals surface area (Å²) in [6.45, 7) is 4.92. The summed E-state index contributed by atoms with van der Waals surface area (Å²) >= 11 is 0. The minimum Gasteiger partial charge on any atom is -0.497 e. The first-order chi connectivity index (χ1) is 14.1. The molecule has 162 valence electrons. The van der Waals surface area contributed by atoms with Gasteiger partial charge in [0, 0.05) is 11.7 Å². The molecule has 0 heterocycles. The molecule has 0 aliphatic rings. The lowest BCUT2D eigenvalue weighted by Gasteiger charge is -2.14. The molecule has 2 rings (SSSR count). The van der Waals surface area contributed by atoms with Crippen LogP contribution in [0.3, 0.4) is 0 Å². The topological polar surface area (TPSA) is 111 Å². The highest BCUT2D eigenvalue weighted by atomic mass is 32.2. The average molecular weight is 435 g/mol. The molecule has 2 N–H and O–H groups in total. The van der Waals surface area contributed by atoms with Crippen LogP contribution in [0.2, 0.25) is 0 Å². The van der Waals surface area contributed by atoms with E-state index >= 15 is 0 Å². The molecule has 1 unspecified atom stereocenters. The van der Waals surface area contributed by atoms with E-state index in [0.717, 1.165) is 5.56 Å². The Bertz CT molecular complexity index is 970. The van der Waals surface area contributed by atoms with Crippen LogP contribution in [0, 0.1) is 0 Å². The minimum absolute atomic E-state index is 0.0248. The Labute approximate surface area is 176 Å². The number of amides is 1. The first kappa shape index (κ1) is 23.4. The second-order valence-corrected chi connectivity index (χ2v) is 8.66. The number of carbonyl (C=O) groups excluding carboxylic acids is 2. The third kappa shape index (κ3) is 6.85. The molecule has 0 aliphatic carbocycles. The molecule has 0 radical (unpaired) electrons. The Morgan fingerprint density at radius 3 is 2.10 bits per heavy atom. The van der Waals surface area contributed by atoms with Gasteiger partial charge in [-0.15, -0.1) is 0 Å². The largest absolute Gasteiger partial charge is 0.497 e. The smallest absolute Gasteiger partial charge is 0.311 e. The number of esters is 1. The first-order valence-electron chi connectivity index (χ1n) is 9.36. The van der Waals surface area contributed by atoms with E-state index in [1.165, 1.54) is 31.2 Å². The van der Waals surface area contributed by atoms with Crippen molar-refractivity contribution < 1.29 is 27.5 Å². The lowest BCUT2D eigenvalue weighted by atomic mass is 10.1. The van der Waals surface area contributed by atoms with Gasteiger partial charge in [-0.2, -0.15) is 0 Å². The quantitative estimate of drug-likeness (QED) is 0.587. The van der Waals surface area contributed by atoms with Crippen molar-refractivity contribution in [2.75, 3.05) is 12.4 Å². The van der Waals surface area contributed by atoms with Gasteiger partial charge in [0.15, 0.2) is 6.10 Å². The summed E-state index contributed by atoms with van der Waals surface area (Å²) in [7, 11) is -2.06. The van der Waals surface area contributed by atoms with Gasteiger partial charge in [0.2, 0.25) is 10.0 Å². The lowest BCUT2D eigenvalue weighted by molar-refractivity contribution is -0.152. The van der Waals surface area contributed by atoms with E-state index in [1.807, 2.05) is 0 Å². The number of anilines is 1. The predicted molar refractivity (Wildman–Crippen MR) is 113 cm³/mol. The Balaban J connectivity index is 1.90. The molecule has 2 aromatic rings. The van der Waals surface area contributed by atoms with Crippen molar-refractivity contribution >= 4 is 27.6 Å². The van der Waals surface area contributed by atoms with Crippen molar-refractivity contribution in [2.45, 2.75) is 44.2 Å². The molecule has 0 aromatic heterocycles. The number of methoxy groups -OCH3 is 1. The van der Waals surface area contributed by atoms with Gasteiger partial charge in [-0.25, -0.2) is 13.1 Å². The SMILES string of the molecule is COc1ccc(CC(=O)OC(C)C(=O)Nc2ccc(S(=O)(=O)NC(C)C)cc2)cc1. The number of benzene rings is 2. The van der Waals surface area contributed by atoms with Crippen LogP contribution in [0.5, 0.6) is 5.75 Å². The van der Waals surface area contributed by atoms with E-state index in [0.29, 0.717) is 11.4 Å². The van der Waals surface area contributed by atoms with Crippen LogP contribution in [0.4, 0.5) is 5.69 Å². The monoisotopic (exact) mass is 434 g/mol. The van der Waals surface area contributed by atoms with Gasteiger partial charge >= 0.3 is 5.97 Å². The number of hydrogen-bond acceptors (Lipinski definition) is 6. The molecule has 1 atom stereocenters. The van der Waals surface area contributed by atoms with Crippen LogP contribution >= 0.6 is 0 Å². The molecule has 0 bridgehead atoms. The van der Waals surface area contributed by atoms with E-state index < -0.39 is 28.0 Å². The molecule has 8 nitrogen and oxygen atoms in total. The maximum absolute atomic E-state index is 12.3. The van der Waals surface area contributed by atoms with Crippen LogP contribution in [0.25, 0.3) is 0 Å². The summed E-state index contributed by atoms with van der Waals surface area (Å²) < 4.78 is 37.0. The molecule has 0 saturated carbocycles. The summed E-state index contributed by atoms with van der Waals surface area (Å²) in [4.78, 5) is 24.4. The van der Waals surface area contributed by atoms with Crippen LogP contribution in [-0.4, -0.2) is 39.5 Å². The lowest BCUT2D eigenvalue weighted by Crippen LogP contribution is -2.31. The Hall–Kier alpha value is -2.91. The summed E-state index contributed by atoms with van der Waals surface area (Å²) in [5.41, 5.74) is 1.13. The fourth-order valence-corrected chi connectivity index (χ4v) is 3.79. The fraction of sp³-hybridized carbons (Fsp3) is 0.333. The zero-order valence-electron chi connectivity index (χ0n) is 17.3. The molecule has 0 fully saturated rings. The van der Waals surface area contributed by atoms with Crippen molar-refractivity contribution in [1.82, 2.24) is 4.72 Å². The molecule has 0 aliphatic heterocycles. The van der Waals surface area contributed by atoms with E-state index in [2.05, 4.69) is 10.0 Å². The minimum atomic E-state index is -3.61. The summed E-state index contributed by atoms with van der Waals surface area (Å²) in [6, 6.07) is 12.4. The normalized spacial score (nSPS) is 12.3. The molecule has 30 heavy (non-hydrogen) atoms. The van der Waals surface area contributed by atoms with Crippen molar-refractivity contribution in [3.63, 3.8) is 0 Å². The standard InChI is InChI=1S/C21H26N2O6S/c1-14(2)23-30(26,27)19-11-7-17(8-12-19)22-21(25)15(3)29-20(24)13-16-5-9-18(28-4)10-6-16/h5-12,14-15,23H,13H2,1-4H3,(H,22,25). The molecule has 1 amide bonds. The van der Waals surface area contributed by atoms with Crippen molar-refractivity contribution in [2.24, 2.45) is 0 Å². The molecule has 0 spiro atoms. The van der Waals surface area contributed by atoms with Gasteiger partial charge in [-0.3, -0.25) is 9.59 Å². The summed E-state index contributed by atoms with van der Waals surface area (Å²) in [6.07, 6.45) is -0.987. The molecule has 2 aromatic carbocycles. The highest BCUT2D eigenvalue weighted by Crippen LogP contribution is 2.16. The van der Waals surface area contributed by atoms with Crippen molar-refractivity contribution in [3.05, 3.63) is 54.1 Å². The van der Waals surface area contributed by atoms with E-state index in [4.69, 9.17) is 9.47 Å².